The lowest BCUT2D eigenvalue weighted by Crippen LogP contribution is -2.13. The van der Waals surface area contributed by atoms with Crippen molar-refractivity contribution in [2.45, 2.75) is 26.7 Å². The van der Waals surface area contributed by atoms with Crippen LogP contribution in [-0.4, -0.2) is 15.6 Å². The summed E-state index contributed by atoms with van der Waals surface area (Å²) in [6.07, 6.45) is 3.57. The fourth-order valence-corrected chi connectivity index (χ4v) is 1.40. The second-order valence-electron chi connectivity index (χ2n) is 3.40. The van der Waals surface area contributed by atoms with Crippen molar-refractivity contribution in [1.82, 2.24) is 9.78 Å². The molecule has 3 heteroatoms. The Kier molecular flexibility index (Phi) is 3.23. The smallest absolute Gasteiger partial charge is 0.133 e. The third-order valence-electron chi connectivity index (χ3n) is 2.29. The third kappa shape index (κ3) is 2.68. The summed E-state index contributed by atoms with van der Waals surface area (Å²) in [5.41, 5.74) is 1.00. The molecule has 0 saturated heterocycles. The zero-order valence-corrected chi connectivity index (χ0v) is 8.45. The minimum absolute atomic E-state index is 0.134. The van der Waals surface area contributed by atoms with Gasteiger partial charge in [-0.3, -0.25) is 9.48 Å². The average Bonchev–Trinajstić information content (AvgIpc) is 2.46. The molecule has 0 radical (unpaired) electrons. The van der Waals surface area contributed by atoms with Crippen LogP contribution >= 0.6 is 0 Å². The van der Waals surface area contributed by atoms with Crippen molar-refractivity contribution in [2.75, 3.05) is 0 Å². The molecule has 0 N–H and O–H groups in total. The average molecular weight is 180 g/mol. The van der Waals surface area contributed by atoms with Crippen LogP contribution in [0.4, 0.5) is 0 Å². The van der Waals surface area contributed by atoms with Gasteiger partial charge in [0.2, 0.25) is 0 Å². The maximum absolute atomic E-state index is 11.2. The van der Waals surface area contributed by atoms with Crippen molar-refractivity contribution in [1.29, 1.82) is 0 Å². The Morgan fingerprint density at radius 2 is 2.38 bits per heavy atom. The molecule has 0 bridgehead atoms. The molecule has 0 aliphatic heterocycles. The lowest BCUT2D eigenvalue weighted by Gasteiger charge is -2.07. The van der Waals surface area contributed by atoms with Crippen LogP contribution in [0.15, 0.2) is 12.3 Å². The maximum Gasteiger partial charge on any atom is 0.133 e. The standard InChI is InChI=1S/C10H16N2O/c1-4-9(8(2)13)7-10-5-6-12(3)11-10/h5-6,9H,4,7H2,1-3H3. The SMILES string of the molecule is CCC(Cc1ccn(C)n1)C(C)=O. The summed E-state index contributed by atoms with van der Waals surface area (Å²) in [7, 11) is 1.89. The molecule has 3 nitrogen and oxygen atoms in total. The van der Waals surface area contributed by atoms with E-state index < -0.39 is 0 Å². The number of carbonyl (C=O) groups excluding carboxylic acids is 1. The summed E-state index contributed by atoms with van der Waals surface area (Å²) in [5, 5.41) is 4.25. The normalized spacial score (nSPS) is 12.8. The van der Waals surface area contributed by atoms with E-state index in [1.165, 1.54) is 0 Å². The summed E-state index contributed by atoms with van der Waals surface area (Å²) in [4.78, 5) is 11.2. The van der Waals surface area contributed by atoms with Gasteiger partial charge in [-0.15, -0.1) is 0 Å². The summed E-state index contributed by atoms with van der Waals surface area (Å²) < 4.78 is 1.77. The molecule has 0 amide bonds. The molecular weight excluding hydrogens is 164 g/mol. The van der Waals surface area contributed by atoms with Crippen molar-refractivity contribution in [3.63, 3.8) is 0 Å². The summed E-state index contributed by atoms with van der Waals surface area (Å²) in [6, 6.07) is 1.96. The van der Waals surface area contributed by atoms with Gasteiger partial charge in [0, 0.05) is 25.6 Å². The Hall–Kier alpha value is -1.12. The number of nitrogens with zero attached hydrogens (tertiary/aromatic N) is 2. The first-order valence-electron chi connectivity index (χ1n) is 4.62. The van der Waals surface area contributed by atoms with Gasteiger partial charge >= 0.3 is 0 Å². The van der Waals surface area contributed by atoms with E-state index in [0.717, 1.165) is 18.5 Å². The highest BCUT2D eigenvalue weighted by Gasteiger charge is 2.13. The topological polar surface area (TPSA) is 34.9 Å². The van der Waals surface area contributed by atoms with Crippen molar-refractivity contribution < 1.29 is 4.79 Å². The number of aryl methyl sites for hydroxylation is 1. The lowest BCUT2D eigenvalue weighted by molar-refractivity contribution is -0.120. The molecule has 1 aromatic rings. The fraction of sp³-hybridized carbons (Fsp3) is 0.600. The molecule has 1 aromatic heterocycles. The summed E-state index contributed by atoms with van der Waals surface area (Å²) >= 11 is 0. The Balaban J connectivity index is 2.61. The van der Waals surface area contributed by atoms with Crippen molar-refractivity contribution in [2.24, 2.45) is 13.0 Å². The van der Waals surface area contributed by atoms with Gasteiger partial charge in [-0.25, -0.2) is 0 Å². The Morgan fingerprint density at radius 3 is 2.77 bits per heavy atom. The summed E-state index contributed by atoms with van der Waals surface area (Å²) in [6.45, 7) is 3.69. The fourth-order valence-electron chi connectivity index (χ4n) is 1.40. The first-order valence-corrected chi connectivity index (χ1v) is 4.62. The highest BCUT2D eigenvalue weighted by molar-refractivity contribution is 5.78. The predicted molar refractivity (Wildman–Crippen MR) is 51.4 cm³/mol. The van der Waals surface area contributed by atoms with E-state index in [9.17, 15) is 4.79 Å². The van der Waals surface area contributed by atoms with Gasteiger partial charge in [0.15, 0.2) is 0 Å². The van der Waals surface area contributed by atoms with Crippen molar-refractivity contribution in [3.05, 3.63) is 18.0 Å². The van der Waals surface area contributed by atoms with E-state index in [0.29, 0.717) is 0 Å². The second kappa shape index (κ2) is 4.21. The van der Waals surface area contributed by atoms with E-state index in [4.69, 9.17) is 0 Å². The molecule has 0 saturated carbocycles. The molecule has 13 heavy (non-hydrogen) atoms. The molecule has 1 unspecified atom stereocenters. The molecule has 1 heterocycles. The van der Waals surface area contributed by atoms with Crippen LogP contribution in [0.2, 0.25) is 0 Å². The van der Waals surface area contributed by atoms with Gasteiger partial charge in [0.25, 0.3) is 0 Å². The van der Waals surface area contributed by atoms with Crippen LogP contribution in [0.25, 0.3) is 0 Å². The third-order valence-corrected chi connectivity index (χ3v) is 2.29. The van der Waals surface area contributed by atoms with Gasteiger partial charge in [0.1, 0.15) is 5.78 Å². The molecule has 0 spiro atoms. The lowest BCUT2D eigenvalue weighted by atomic mass is 9.97. The van der Waals surface area contributed by atoms with Crippen molar-refractivity contribution in [3.8, 4) is 0 Å². The number of hydrogen-bond acceptors (Lipinski definition) is 2. The number of carbonyl (C=O) groups is 1. The highest BCUT2D eigenvalue weighted by atomic mass is 16.1. The highest BCUT2D eigenvalue weighted by Crippen LogP contribution is 2.11. The first-order chi connectivity index (χ1) is 6.13. The van der Waals surface area contributed by atoms with Crippen LogP contribution in [0, 0.1) is 5.92 Å². The minimum Gasteiger partial charge on any atom is -0.300 e. The van der Waals surface area contributed by atoms with Gasteiger partial charge in [-0.1, -0.05) is 6.92 Å². The van der Waals surface area contributed by atoms with Gasteiger partial charge in [-0.2, -0.15) is 5.10 Å². The maximum atomic E-state index is 11.2. The largest absolute Gasteiger partial charge is 0.300 e. The number of hydrogen-bond donors (Lipinski definition) is 0. The van der Waals surface area contributed by atoms with Crippen LogP contribution in [0.1, 0.15) is 26.0 Å². The Bertz CT molecular complexity index is 291. The first kappa shape index (κ1) is 9.96. The van der Waals surface area contributed by atoms with Crippen LogP contribution < -0.4 is 0 Å². The molecule has 1 atom stereocenters. The van der Waals surface area contributed by atoms with Crippen molar-refractivity contribution >= 4 is 5.78 Å². The molecule has 1 rings (SSSR count). The van der Waals surface area contributed by atoms with E-state index >= 15 is 0 Å². The molecule has 72 valence electrons. The Labute approximate surface area is 78.8 Å². The van der Waals surface area contributed by atoms with E-state index in [1.54, 1.807) is 11.6 Å². The van der Waals surface area contributed by atoms with E-state index in [1.807, 2.05) is 26.2 Å². The number of Topliss-reactive ketones (excluding diaryl/α,β-unsaturated/α-hetero) is 1. The zero-order chi connectivity index (χ0) is 9.84. The van der Waals surface area contributed by atoms with E-state index in [-0.39, 0.29) is 11.7 Å². The molecular formula is C10H16N2O. The molecule has 0 fully saturated rings. The number of aromatic nitrogens is 2. The minimum atomic E-state index is 0.134. The number of rotatable bonds is 4. The second-order valence-corrected chi connectivity index (χ2v) is 3.40. The molecule has 0 aliphatic carbocycles. The Morgan fingerprint density at radius 1 is 1.69 bits per heavy atom. The quantitative estimate of drug-likeness (QED) is 0.705. The molecule has 0 aromatic carbocycles. The van der Waals surface area contributed by atoms with Crippen LogP contribution in [-0.2, 0) is 18.3 Å². The summed E-state index contributed by atoms with van der Waals surface area (Å²) in [5.74, 6) is 0.392. The van der Waals surface area contributed by atoms with Gasteiger partial charge in [0.05, 0.1) is 5.69 Å². The number of ketones is 1. The van der Waals surface area contributed by atoms with Crippen LogP contribution in [0.3, 0.4) is 0 Å². The van der Waals surface area contributed by atoms with Crippen LogP contribution in [0.5, 0.6) is 0 Å². The molecule has 0 aliphatic rings. The monoisotopic (exact) mass is 180 g/mol. The van der Waals surface area contributed by atoms with Gasteiger partial charge in [-0.05, 0) is 19.4 Å². The van der Waals surface area contributed by atoms with E-state index in [2.05, 4.69) is 5.10 Å². The zero-order valence-electron chi connectivity index (χ0n) is 8.45. The predicted octanol–water partition coefficient (Wildman–Crippen LogP) is 1.58. The van der Waals surface area contributed by atoms with Gasteiger partial charge < -0.3 is 0 Å².